The summed E-state index contributed by atoms with van der Waals surface area (Å²) >= 11 is 0. The Morgan fingerprint density at radius 2 is 1.90 bits per heavy atom. The van der Waals surface area contributed by atoms with Crippen molar-refractivity contribution in [2.45, 2.75) is 26.2 Å². The summed E-state index contributed by atoms with van der Waals surface area (Å²) in [6.45, 7) is 4.04. The summed E-state index contributed by atoms with van der Waals surface area (Å²) in [7, 11) is 1.66. The van der Waals surface area contributed by atoms with Crippen LogP contribution < -0.4 is 9.64 Å². The number of aromatic nitrogens is 3. The number of fused-ring (bicyclic) bond motifs is 2. The molecule has 0 amide bonds. The van der Waals surface area contributed by atoms with Gasteiger partial charge < -0.3 is 24.5 Å². The Morgan fingerprint density at radius 3 is 2.66 bits per heavy atom. The second kappa shape index (κ2) is 8.31. The van der Waals surface area contributed by atoms with Crippen molar-refractivity contribution >= 4 is 40.2 Å². The highest BCUT2D eigenvalue weighted by atomic mass is 35.5. The van der Waals surface area contributed by atoms with E-state index in [1.54, 1.807) is 7.11 Å². The highest BCUT2D eigenvalue weighted by Crippen LogP contribution is 2.35. The number of hydrogen-bond acceptors (Lipinski definition) is 5. The van der Waals surface area contributed by atoms with Crippen molar-refractivity contribution in [1.29, 1.82) is 0 Å². The van der Waals surface area contributed by atoms with Gasteiger partial charge in [0.05, 0.1) is 18.3 Å². The summed E-state index contributed by atoms with van der Waals surface area (Å²) in [6.07, 6.45) is 3.71. The average molecular weight is 417 g/mol. The highest BCUT2D eigenvalue weighted by molar-refractivity contribution is 5.92. The van der Waals surface area contributed by atoms with Gasteiger partial charge in [-0.05, 0) is 44.4 Å². The Balaban J connectivity index is 0.00000120. The molecule has 0 aliphatic carbocycles. The minimum atomic E-state index is 0. The summed E-state index contributed by atoms with van der Waals surface area (Å²) < 4.78 is 11.5. The molecule has 4 heterocycles. The zero-order valence-electron chi connectivity index (χ0n) is 16.5. The number of halogens is 1. The topological polar surface area (TPSA) is 98.7 Å². The minimum Gasteiger partial charge on any atom is -0.493 e. The molecule has 1 saturated heterocycles. The zero-order valence-corrected chi connectivity index (χ0v) is 17.3. The van der Waals surface area contributed by atoms with Crippen molar-refractivity contribution in [3.63, 3.8) is 0 Å². The summed E-state index contributed by atoms with van der Waals surface area (Å²) in [6, 6.07) is 9.97. The standard InChI is InChI=1S/C21H22N4O2.ClH.H2O/c1-13-22-16-12-15(18-11-14-7-6-8-17(26-2)20(14)27-18)24-19(16)21(23-13)25-9-4-3-5-10-25;;/h6-8,11-12,24H,3-5,9-10H2,1-2H3;1H;1H2. The summed E-state index contributed by atoms with van der Waals surface area (Å²) in [5, 5.41) is 1.02. The van der Waals surface area contributed by atoms with E-state index in [-0.39, 0.29) is 17.9 Å². The van der Waals surface area contributed by atoms with Gasteiger partial charge in [-0.15, -0.1) is 12.4 Å². The third-order valence-corrected chi connectivity index (χ3v) is 5.22. The number of anilines is 1. The maximum Gasteiger partial charge on any atom is 0.176 e. The maximum absolute atomic E-state index is 6.10. The molecule has 0 atom stereocenters. The largest absolute Gasteiger partial charge is 0.493 e. The Bertz CT molecular complexity index is 1130. The quantitative estimate of drug-likeness (QED) is 0.537. The van der Waals surface area contributed by atoms with Crippen LogP contribution in [0.3, 0.4) is 0 Å². The molecule has 1 aromatic carbocycles. The fourth-order valence-corrected chi connectivity index (χ4v) is 3.91. The number of nitrogens with one attached hydrogen (secondary N) is 1. The first-order valence-corrected chi connectivity index (χ1v) is 9.42. The third-order valence-electron chi connectivity index (χ3n) is 5.22. The number of rotatable bonds is 3. The summed E-state index contributed by atoms with van der Waals surface area (Å²) in [5.41, 5.74) is 3.56. The second-order valence-electron chi connectivity index (χ2n) is 7.07. The van der Waals surface area contributed by atoms with Crippen molar-refractivity contribution < 1.29 is 14.6 Å². The molecule has 0 unspecified atom stereocenters. The molecule has 8 heteroatoms. The lowest BCUT2D eigenvalue weighted by molar-refractivity contribution is 0.411. The van der Waals surface area contributed by atoms with E-state index in [0.717, 1.165) is 63.9 Å². The normalized spacial score (nSPS) is 13.9. The number of H-pyrrole nitrogens is 1. The Kier molecular flexibility index (Phi) is 6.00. The number of piperidine rings is 1. The molecule has 3 N–H and O–H groups in total. The number of aryl methyl sites for hydroxylation is 1. The van der Waals surface area contributed by atoms with Crippen LogP contribution in [0.5, 0.6) is 5.75 Å². The van der Waals surface area contributed by atoms with Gasteiger partial charge >= 0.3 is 0 Å². The van der Waals surface area contributed by atoms with E-state index in [0.29, 0.717) is 0 Å². The third kappa shape index (κ3) is 3.63. The molecule has 3 aromatic heterocycles. The molecule has 0 radical (unpaired) electrons. The number of aromatic amines is 1. The molecule has 1 aliphatic heterocycles. The average Bonchev–Trinajstić information content (AvgIpc) is 3.31. The van der Waals surface area contributed by atoms with Gasteiger partial charge in [0.25, 0.3) is 0 Å². The van der Waals surface area contributed by atoms with Crippen molar-refractivity contribution in [2.24, 2.45) is 0 Å². The molecule has 0 bridgehead atoms. The Morgan fingerprint density at radius 1 is 1.10 bits per heavy atom. The van der Waals surface area contributed by atoms with Crippen LogP contribution in [-0.4, -0.2) is 40.6 Å². The van der Waals surface area contributed by atoms with Gasteiger partial charge in [-0.1, -0.05) is 12.1 Å². The van der Waals surface area contributed by atoms with E-state index in [1.807, 2.05) is 37.3 Å². The molecule has 7 nitrogen and oxygen atoms in total. The van der Waals surface area contributed by atoms with Crippen molar-refractivity contribution in [3.8, 4) is 17.2 Å². The first-order chi connectivity index (χ1) is 13.2. The van der Waals surface area contributed by atoms with Gasteiger partial charge in [0.1, 0.15) is 11.3 Å². The maximum atomic E-state index is 6.10. The van der Waals surface area contributed by atoms with Crippen molar-refractivity contribution in [2.75, 3.05) is 25.1 Å². The van der Waals surface area contributed by atoms with Crippen LogP contribution in [0, 0.1) is 6.92 Å². The molecular formula is C21H25ClN4O3. The van der Waals surface area contributed by atoms with Crippen LogP contribution in [0.15, 0.2) is 34.7 Å². The number of furan rings is 1. The van der Waals surface area contributed by atoms with Gasteiger partial charge in [-0.2, -0.15) is 0 Å². The number of benzene rings is 1. The molecule has 154 valence electrons. The molecule has 1 aliphatic rings. The Labute approximate surface area is 174 Å². The zero-order chi connectivity index (χ0) is 18.4. The van der Waals surface area contributed by atoms with E-state index in [4.69, 9.17) is 14.1 Å². The summed E-state index contributed by atoms with van der Waals surface area (Å²) in [4.78, 5) is 15.2. The Hall–Kier alpha value is -2.77. The van der Waals surface area contributed by atoms with Crippen LogP contribution in [0.1, 0.15) is 25.1 Å². The van der Waals surface area contributed by atoms with Crippen LogP contribution in [-0.2, 0) is 0 Å². The van der Waals surface area contributed by atoms with E-state index >= 15 is 0 Å². The van der Waals surface area contributed by atoms with Gasteiger partial charge in [-0.3, -0.25) is 0 Å². The van der Waals surface area contributed by atoms with E-state index in [2.05, 4.69) is 14.9 Å². The predicted octanol–water partition coefficient (Wildman–Crippen LogP) is 4.28. The number of methoxy groups -OCH3 is 1. The van der Waals surface area contributed by atoms with E-state index < -0.39 is 0 Å². The number of para-hydroxylation sites is 1. The van der Waals surface area contributed by atoms with Gasteiger partial charge in [0.2, 0.25) is 0 Å². The molecule has 29 heavy (non-hydrogen) atoms. The van der Waals surface area contributed by atoms with Crippen LogP contribution in [0.2, 0.25) is 0 Å². The van der Waals surface area contributed by atoms with Crippen molar-refractivity contribution in [3.05, 3.63) is 36.2 Å². The number of nitrogens with zero attached hydrogens (tertiary/aromatic N) is 3. The fraction of sp³-hybridized carbons (Fsp3) is 0.333. The molecule has 5 rings (SSSR count). The lowest BCUT2D eigenvalue weighted by Crippen LogP contribution is -2.30. The van der Waals surface area contributed by atoms with Gasteiger partial charge in [-0.25, -0.2) is 9.97 Å². The van der Waals surface area contributed by atoms with Crippen LogP contribution >= 0.6 is 12.4 Å². The smallest absolute Gasteiger partial charge is 0.176 e. The van der Waals surface area contributed by atoms with Crippen molar-refractivity contribution in [1.82, 2.24) is 15.0 Å². The SMILES string of the molecule is COc1cccc2cc(-c3cc4nc(C)nc(N5CCCCC5)c4[nH]3)oc12.Cl.O. The lowest BCUT2D eigenvalue weighted by Gasteiger charge is -2.28. The number of ether oxygens (including phenoxy) is 1. The number of hydrogen-bond donors (Lipinski definition) is 1. The van der Waals surface area contributed by atoms with Crippen LogP contribution in [0.25, 0.3) is 33.5 Å². The monoisotopic (exact) mass is 416 g/mol. The van der Waals surface area contributed by atoms with Crippen LogP contribution in [0.4, 0.5) is 5.82 Å². The highest BCUT2D eigenvalue weighted by Gasteiger charge is 2.19. The predicted molar refractivity (Wildman–Crippen MR) is 117 cm³/mol. The first kappa shape index (κ1) is 21.0. The second-order valence-corrected chi connectivity index (χ2v) is 7.07. The minimum absolute atomic E-state index is 0. The molecule has 4 aromatic rings. The summed E-state index contributed by atoms with van der Waals surface area (Å²) in [5.74, 6) is 3.30. The molecule has 1 fully saturated rings. The van der Waals surface area contributed by atoms with E-state index in [1.165, 1.54) is 19.3 Å². The van der Waals surface area contributed by atoms with Gasteiger partial charge in [0.15, 0.2) is 22.9 Å². The lowest BCUT2D eigenvalue weighted by atomic mass is 10.1. The molecular weight excluding hydrogens is 392 g/mol. The molecule has 0 spiro atoms. The van der Waals surface area contributed by atoms with E-state index in [9.17, 15) is 0 Å². The fourth-order valence-electron chi connectivity index (χ4n) is 3.91. The molecule has 0 saturated carbocycles. The van der Waals surface area contributed by atoms with Gasteiger partial charge in [0, 0.05) is 18.5 Å². The first-order valence-electron chi connectivity index (χ1n) is 9.42.